The summed E-state index contributed by atoms with van der Waals surface area (Å²) >= 11 is 0. The van der Waals surface area contributed by atoms with Crippen LogP contribution in [0.4, 0.5) is 18.9 Å². The van der Waals surface area contributed by atoms with Crippen molar-refractivity contribution in [2.75, 3.05) is 39.9 Å². The Bertz CT molecular complexity index is 939. The Labute approximate surface area is 152 Å². The summed E-state index contributed by atoms with van der Waals surface area (Å²) in [4.78, 5) is 23.6. The fourth-order valence-electron chi connectivity index (χ4n) is 3.50. The summed E-state index contributed by atoms with van der Waals surface area (Å²) in [5, 5.41) is 11.9. The topological polar surface area (TPSA) is 101 Å². The number of carboxylic acid groups (broad SMARTS) is 1. The summed E-state index contributed by atoms with van der Waals surface area (Å²) in [6.45, 7) is 0.800. The van der Waals surface area contributed by atoms with Crippen molar-refractivity contribution in [3.8, 4) is 0 Å². The predicted octanol–water partition coefficient (Wildman–Crippen LogP) is 1.31. The highest BCUT2D eigenvalue weighted by Gasteiger charge is 2.36. The lowest BCUT2D eigenvalue weighted by molar-refractivity contribution is 0.0694. The van der Waals surface area contributed by atoms with Gasteiger partial charge < -0.3 is 20.5 Å². The smallest absolute Gasteiger partial charge is 0.341 e. The molecule has 1 aromatic heterocycles. The number of quaternary nitrogens is 1. The summed E-state index contributed by atoms with van der Waals surface area (Å²) in [5.74, 6) is -3.40. The molecule has 0 saturated carbocycles. The number of nitrogens with one attached hydrogen (secondary N) is 1. The number of nitrogens with zero attached hydrogens (tertiary/aromatic N) is 2. The quantitative estimate of drug-likeness (QED) is 0.771. The van der Waals surface area contributed by atoms with E-state index in [0.29, 0.717) is 26.2 Å². The second-order valence-corrected chi connectivity index (χ2v) is 6.57. The zero-order chi connectivity index (χ0) is 19.1. The van der Waals surface area contributed by atoms with Crippen LogP contribution < -0.4 is 15.2 Å². The first kappa shape index (κ1) is 20.9. The molecule has 0 aliphatic carbocycles. The van der Waals surface area contributed by atoms with Crippen LogP contribution in [-0.4, -0.2) is 61.0 Å². The maximum atomic E-state index is 15.4. The molecule has 27 heavy (non-hydrogen) atoms. The Morgan fingerprint density at radius 2 is 1.96 bits per heavy atom. The lowest BCUT2D eigenvalue weighted by Gasteiger charge is -2.38. The van der Waals surface area contributed by atoms with E-state index in [9.17, 15) is 18.4 Å². The molecule has 0 unspecified atom stereocenters. The van der Waals surface area contributed by atoms with Gasteiger partial charge in [0.15, 0.2) is 5.82 Å². The number of hydrogen-bond donors (Lipinski definition) is 2. The average Bonchev–Trinajstić information content (AvgIpc) is 2.57. The molecule has 0 bridgehead atoms. The van der Waals surface area contributed by atoms with Crippen LogP contribution in [0.15, 0.2) is 17.1 Å². The molecule has 10 heteroatoms. The lowest BCUT2D eigenvalue weighted by atomic mass is 10.1. The molecule has 1 aromatic carbocycles. The van der Waals surface area contributed by atoms with Gasteiger partial charge in [-0.1, -0.05) is 0 Å². The first-order valence-corrected chi connectivity index (χ1v) is 8.20. The number of piperazine rings is 1. The SMILES string of the molecule is C[N+]1(c2c(F)cc3c(=O)c(C(=O)O)cn(CCF)c3c2F)CCNCC1.[OH-]. The summed E-state index contributed by atoms with van der Waals surface area (Å²) < 4.78 is 44.1. The minimum atomic E-state index is -1.53. The van der Waals surface area contributed by atoms with Crippen molar-refractivity contribution in [1.29, 1.82) is 0 Å². The van der Waals surface area contributed by atoms with Gasteiger partial charge in [0.05, 0.1) is 37.6 Å². The zero-order valence-corrected chi connectivity index (χ0v) is 14.6. The van der Waals surface area contributed by atoms with Gasteiger partial charge in [-0.2, -0.15) is 4.39 Å². The van der Waals surface area contributed by atoms with Gasteiger partial charge in [-0.15, -0.1) is 0 Å². The third kappa shape index (κ3) is 3.43. The van der Waals surface area contributed by atoms with E-state index < -0.39 is 40.7 Å². The van der Waals surface area contributed by atoms with Crippen LogP contribution in [-0.2, 0) is 6.54 Å². The van der Waals surface area contributed by atoms with E-state index in [1.807, 2.05) is 0 Å². The van der Waals surface area contributed by atoms with E-state index in [0.717, 1.165) is 16.8 Å². The molecule has 148 valence electrons. The molecule has 0 spiro atoms. The standard InChI is InChI=1S/C17H18F3N3O3.H2O/c1-23(6-3-21-4-7-23)15-12(19)8-10-14(13(15)20)22(5-2-18)9-11(16(10)24)17(25)26;/h8-9,21H,2-7H2,1H3;1H2. The molecular formula is C17H20F3N3O4. The van der Waals surface area contributed by atoms with Crippen molar-refractivity contribution in [1.82, 2.24) is 14.4 Å². The molecule has 2 heterocycles. The largest absolute Gasteiger partial charge is 0.870 e. The van der Waals surface area contributed by atoms with Crippen molar-refractivity contribution >= 4 is 22.6 Å². The van der Waals surface area contributed by atoms with E-state index in [-0.39, 0.29) is 27.7 Å². The number of rotatable bonds is 4. The average molecular weight is 387 g/mol. The maximum absolute atomic E-state index is 15.4. The van der Waals surface area contributed by atoms with Gasteiger partial charge in [0.1, 0.15) is 12.2 Å². The summed E-state index contributed by atoms with van der Waals surface area (Å²) in [7, 11) is 1.69. The van der Waals surface area contributed by atoms with Crippen LogP contribution >= 0.6 is 0 Å². The molecule has 7 nitrogen and oxygen atoms in total. The number of carbonyl (C=O) groups is 1. The zero-order valence-electron chi connectivity index (χ0n) is 14.6. The van der Waals surface area contributed by atoms with Crippen LogP contribution in [0.5, 0.6) is 0 Å². The second kappa shape index (κ2) is 7.67. The van der Waals surface area contributed by atoms with E-state index in [1.165, 1.54) is 0 Å². The molecular weight excluding hydrogens is 367 g/mol. The van der Waals surface area contributed by atoms with E-state index in [4.69, 9.17) is 5.11 Å². The van der Waals surface area contributed by atoms with Gasteiger partial charge >= 0.3 is 5.97 Å². The molecule has 3 rings (SSSR count). The first-order chi connectivity index (χ1) is 12.3. The second-order valence-electron chi connectivity index (χ2n) is 6.57. The number of carboxylic acids is 1. The van der Waals surface area contributed by atoms with Gasteiger partial charge in [-0.3, -0.25) is 9.28 Å². The minimum absolute atomic E-state index is 0. The Balaban J connectivity index is 0.00000261. The fourth-order valence-corrected chi connectivity index (χ4v) is 3.50. The third-order valence-electron chi connectivity index (χ3n) is 4.89. The number of aryl methyl sites for hydroxylation is 1. The van der Waals surface area contributed by atoms with Gasteiger partial charge in [-0.05, 0) is 6.07 Å². The van der Waals surface area contributed by atoms with Crippen LogP contribution in [0.3, 0.4) is 0 Å². The van der Waals surface area contributed by atoms with Crippen molar-refractivity contribution < 1.29 is 28.5 Å². The van der Waals surface area contributed by atoms with Gasteiger partial charge in [0, 0.05) is 19.3 Å². The molecule has 0 radical (unpaired) electrons. The van der Waals surface area contributed by atoms with Crippen molar-refractivity contribution in [2.24, 2.45) is 0 Å². The van der Waals surface area contributed by atoms with Crippen LogP contribution in [0.1, 0.15) is 10.4 Å². The number of alkyl halides is 1. The monoisotopic (exact) mass is 387 g/mol. The van der Waals surface area contributed by atoms with Gasteiger partial charge in [-0.25, -0.2) is 13.6 Å². The van der Waals surface area contributed by atoms with Crippen molar-refractivity contribution in [3.05, 3.63) is 39.7 Å². The fraction of sp³-hybridized carbons (Fsp3) is 0.412. The molecule has 0 atom stereocenters. The van der Waals surface area contributed by atoms with Crippen LogP contribution in [0.2, 0.25) is 0 Å². The van der Waals surface area contributed by atoms with E-state index in [2.05, 4.69) is 5.32 Å². The van der Waals surface area contributed by atoms with Gasteiger partial charge in [0.2, 0.25) is 16.9 Å². The lowest BCUT2D eigenvalue weighted by Crippen LogP contribution is -2.57. The highest BCUT2D eigenvalue weighted by molar-refractivity contribution is 5.93. The molecule has 0 amide bonds. The Morgan fingerprint density at radius 1 is 1.33 bits per heavy atom. The maximum Gasteiger partial charge on any atom is 0.341 e. The normalized spacial score (nSPS) is 16.1. The van der Waals surface area contributed by atoms with Crippen molar-refractivity contribution in [3.63, 3.8) is 0 Å². The Hall–Kier alpha value is -2.43. The Kier molecular flexibility index (Phi) is 5.93. The number of halogens is 3. The van der Waals surface area contributed by atoms with Crippen LogP contribution in [0, 0.1) is 11.6 Å². The first-order valence-electron chi connectivity index (χ1n) is 8.20. The molecule has 3 N–H and O–H groups in total. The number of hydrogen-bond acceptors (Lipinski definition) is 4. The van der Waals surface area contributed by atoms with Crippen molar-refractivity contribution in [2.45, 2.75) is 6.54 Å². The minimum Gasteiger partial charge on any atom is -0.870 e. The number of aromatic carboxylic acids is 1. The number of pyridine rings is 1. The Morgan fingerprint density at radius 3 is 2.52 bits per heavy atom. The highest BCUT2D eigenvalue weighted by atomic mass is 19.1. The van der Waals surface area contributed by atoms with Gasteiger partial charge in [0.25, 0.3) is 0 Å². The summed E-state index contributed by atoms with van der Waals surface area (Å²) in [6.07, 6.45) is 0.912. The molecule has 2 aromatic rings. The third-order valence-corrected chi connectivity index (χ3v) is 4.89. The summed E-state index contributed by atoms with van der Waals surface area (Å²) in [6, 6.07) is 0.864. The molecule has 1 fully saturated rings. The molecule has 1 saturated heterocycles. The number of aromatic nitrogens is 1. The number of fused-ring (bicyclic) bond motifs is 1. The summed E-state index contributed by atoms with van der Waals surface area (Å²) in [5.41, 5.74) is -2.11. The van der Waals surface area contributed by atoms with E-state index in [1.54, 1.807) is 7.05 Å². The predicted molar refractivity (Wildman–Crippen MR) is 93.3 cm³/mol. The molecule has 1 aliphatic heterocycles. The molecule has 1 aliphatic rings. The highest BCUT2D eigenvalue weighted by Crippen LogP contribution is 2.33. The van der Waals surface area contributed by atoms with Crippen LogP contribution in [0.25, 0.3) is 10.9 Å². The number of likely N-dealkylation sites (N-methyl/N-ethyl adjacent to an activating group) is 1. The van der Waals surface area contributed by atoms with E-state index >= 15 is 4.39 Å². The number of benzene rings is 1.